The Balaban J connectivity index is 0.000000143. The van der Waals surface area contributed by atoms with Gasteiger partial charge in [-0.25, -0.2) is 19.9 Å². The molecule has 0 saturated heterocycles. The van der Waals surface area contributed by atoms with Crippen LogP contribution in [0.4, 0.5) is 0 Å². The Hall–Kier alpha value is -15.9. The first-order valence-electron chi connectivity index (χ1n) is 40.1. The molecule has 8 nitrogen and oxygen atoms in total. The SMILES string of the molecule is c1ccc(-c2cc(-c3ccc(-c4cc(-n5c6ccccc6c6ccccc65)cc(-n5c6ccccc6c6ccccc65)c4)cc3)nc(-c3ccccc3)n2)cc1.c1ccc(-c2ccc(-c3cc(-c4ccc(-c5cc(-n6c7ccccc7c7ccccc76)cc(-n6c7ccccc7c7ccccc76)c5)cc4)nc(-c4ccccc4)n3)cc2)cc1. The molecule has 0 aliphatic carbocycles. The van der Waals surface area contributed by atoms with Gasteiger partial charge >= 0.3 is 0 Å². The normalized spacial score (nSPS) is 11.6. The third kappa shape index (κ3) is 12.4. The Labute approximate surface area is 681 Å². The van der Waals surface area contributed by atoms with Crippen LogP contribution in [0.1, 0.15) is 0 Å². The Morgan fingerprint density at radius 2 is 0.297 bits per heavy atom. The molecule has 0 atom stereocenters. The topological polar surface area (TPSA) is 71.3 Å². The maximum absolute atomic E-state index is 5.16. The zero-order chi connectivity index (χ0) is 78.0. The molecule has 0 aliphatic rings. The van der Waals surface area contributed by atoms with Gasteiger partial charge in [0.15, 0.2) is 11.6 Å². The van der Waals surface area contributed by atoms with Gasteiger partial charge in [0.25, 0.3) is 0 Å². The minimum atomic E-state index is 0.698. The van der Waals surface area contributed by atoms with Gasteiger partial charge in [-0.15, -0.1) is 0 Å². The Morgan fingerprint density at radius 1 is 0.127 bits per heavy atom. The molecule has 17 aromatic carbocycles. The fourth-order valence-corrected chi connectivity index (χ4v) is 17.5. The van der Waals surface area contributed by atoms with E-state index in [9.17, 15) is 0 Å². The van der Waals surface area contributed by atoms with E-state index in [0.717, 1.165) is 101 Å². The molecular formula is C110H72N8. The van der Waals surface area contributed by atoms with E-state index in [1.165, 1.54) is 98.4 Å². The molecule has 6 aromatic heterocycles. The second-order valence-corrected chi connectivity index (χ2v) is 30.1. The average Bonchev–Trinajstić information content (AvgIpc) is 1.51. The van der Waals surface area contributed by atoms with Crippen LogP contribution in [0, 0.1) is 0 Å². The van der Waals surface area contributed by atoms with Crippen molar-refractivity contribution in [3.05, 3.63) is 437 Å². The molecule has 6 heterocycles. The number of hydrogen-bond donors (Lipinski definition) is 0. The van der Waals surface area contributed by atoms with Crippen molar-refractivity contribution in [2.45, 2.75) is 0 Å². The fraction of sp³-hybridized carbons (Fsp3) is 0. The van der Waals surface area contributed by atoms with E-state index in [-0.39, 0.29) is 0 Å². The molecule has 0 spiro atoms. The highest BCUT2D eigenvalue weighted by Gasteiger charge is 2.22. The van der Waals surface area contributed by atoms with Crippen LogP contribution in [-0.4, -0.2) is 38.2 Å². The standard InChI is InChI=1S/C58H38N4.C52H34N4/c1-3-15-39(16-4-1)40-27-31-42(32-28-40)52-38-53(60-58(59-52)44-17-5-2-6-18-44)43-33-29-41(30-34-43)45-35-46(61-54-23-11-7-19-48(54)49-20-8-12-24-55(49)61)37-47(36-45)62-56-25-13-9-21-50(56)51-22-10-14-26-57(51)62;1-3-15-36(16-4-1)46-34-47(54-52(53-46)38-17-5-2-6-18-38)37-29-27-35(28-30-37)39-31-40(55-48-23-11-7-19-42(48)43-20-8-12-24-49(43)55)33-41(32-39)56-50-25-13-9-21-44(50)45-22-10-14-26-51(45)56/h1-38H;1-34H. The molecule has 0 aliphatic heterocycles. The number of aromatic nitrogens is 8. The van der Waals surface area contributed by atoms with Crippen molar-refractivity contribution in [1.82, 2.24) is 38.2 Å². The van der Waals surface area contributed by atoms with E-state index >= 15 is 0 Å². The van der Waals surface area contributed by atoms with Gasteiger partial charge < -0.3 is 18.3 Å². The van der Waals surface area contributed by atoms with Gasteiger partial charge in [-0.3, -0.25) is 0 Å². The number of nitrogens with zero attached hydrogens (tertiary/aromatic N) is 8. The van der Waals surface area contributed by atoms with Gasteiger partial charge in [0.2, 0.25) is 0 Å². The number of para-hydroxylation sites is 8. The van der Waals surface area contributed by atoms with Crippen molar-refractivity contribution >= 4 is 87.2 Å². The second kappa shape index (κ2) is 29.3. The van der Waals surface area contributed by atoms with Crippen LogP contribution < -0.4 is 0 Å². The van der Waals surface area contributed by atoms with Crippen molar-refractivity contribution in [2.75, 3.05) is 0 Å². The van der Waals surface area contributed by atoms with Gasteiger partial charge in [-0.1, -0.05) is 340 Å². The molecule has 0 unspecified atom stereocenters. The number of rotatable bonds is 13. The molecule has 0 radical (unpaired) electrons. The lowest BCUT2D eigenvalue weighted by Crippen LogP contribution is -2.00. The zero-order valence-corrected chi connectivity index (χ0v) is 64.1. The summed E-state index contributed by atoms with van der Waals surface area (Å²) in [6.45, 7) is 0. The summed E-state index contributed by atoms with van der Waals surface area (Å²) in [4.78, 5) is 20.4. The molecule has 23 aromatic rings. The van der Waals surface area contributed by atoms with Crippen LogP contribution in [-0.2, 0) is 0 Å². The van der Waals surface area contributed by atoms with Gasteiger partial charge in [-0.2, -0.15) is 0 Å². The first-order chi connectivity index (χ1) is 58.5. The third-order valence-corrected chi connectivity index (χ3v) is 23.1. The highest BCUT2D eigenvalue weighted by atomic mass is 15.0. The van der Waals surface area contributed by atoms with Crippen LogP contribution >= 0.6 is 0 Å². The summed E-state index contributed by atoms with van der Waals surface area (Å²) in [5.41, 5.74) is 30.4. The Morgan fingerprint density at radius 3 is 0.534 bits per heavy atom. The third-order valence-electron chi connectivity index (χ3n) is 23.1. The predicted molar refractivity (Wildman–Crippen MR) is 490 cm³/mol. The van der Waals surface area contributed by atoms with E-state index in [2.05, 4.69) is 407 Å². The smallest absolute Gasteiger partial charge is 0.160 e. The summed E-state index contributed by atoms with van der Waals surface area (Å²) in [6, 6.07) is 156. The van der Waals surface area contributed by atoms with E-state index in [4.69, 9.17) is 19.9 Å². The number of fused-ring (bicyclic) bond motifs is 12. The van der Waals surface area contributed by atoms with Crippen LogP contribution in [0.2, 0.25) is 0 Å². The summed E-state index contributed by atoms with van der Waals surface area (Å²) in [7, 11) is 0. The largest absolute Gasteiger partial charge is 0.309 e. The van der Waals surface area contributed by atoms with Crippen molar-refractivity contribution in [3.63, 3.8) is 0 Å². The Kier molecular flexibility index (Phi) is 17.1. The molecular weight excluding hydrogens is 1430 g/mol. The van der Waals surface area contributed by atoms with Crippen molar-refractivity contribution in [3.8, 4) is 124 Å². The molecule has 23 rings (SSSR count). The predicted octanol–water partition coefficient (Wildman–Crippen LogP) is 28.3. The highest BCUT2D eigenvalue weighted by molar-refractivity contribution is 6.13. The highest BCUT2D eigenvalue weighted by Crippen LogP contribution is 2.43. The average molecular weight is 1510 g/mol. The van der Waals surface area contributed by atoms with Gasteiger partial charge in [0.1, 0.15) is 0 Å². The van der Waals surface area contributed by atoms with Crippen molar-refractivity contribution in [2.24, 2.45) is 0 Å². The molecule has 0 saturated carbocycles. The van der Waals surface area contributed by atoms with E-state index in [1.54, 1.807) is 0 Å². The second-order valence-electron chi connectivity index (χ2n) is 30.1. The zero-order valence-electron chi connectivity index (χ0n) is 64.1. The van der Waals surface area contributed by atoms with E-state index < -0.39 is 0 Å². The van der Waals surface area contributed by atoms with Gasteiger partial charge in [0.05, 0.1) is 66.9 Å². The number of benzene rings is 17. The first kappa shape index (κ1) is 68.9. The first-order valence-corrected chi connectivity index (χ1v) is 40.1. The monoisotopic (exact) mass is 1500 g/mol. The summed E-state index contributed by atoms with van der Waals surface area (Å²) in [5.74, 6) is 1.41. The van der Waals surface area contributed by atoms with E-state index in [0.29, 0.717) is 11.6 Å². The maximum atomic E-state index is 5.16. The lowest BCUT2D eigenvalue weighted by atomic mass is 9.99. The lowest BCUT2D eigenvalue weighted by molar-refractivity contribution is 1.13. The fourth-order valence-electron chi connectivity index (χ4n) is 17.5. The summed E-state index contributed by atoms with van der Waals surface area (Å²) < 4.78 is 9.66. The van der Waals surface area contributed by atoms with Gasteiger partial charge in [0, 0.05) is 99.2 Å². The molecule has 118 heavy (non-hydrogen) atoms. The van der Waals surface area contributed by atoms with Crippen molar-refractivity contribution < 1.29 is 0 Å². The molecule has 0 fully saturated rings. The molecule has 0 bridgehead atoms. The number of hydrogen-bond acceptors (Lipinski definition) is 4. The van der Waals surface area contributed by atoms with Crippen molar-refractivity contribution in [1.29, 1.82) is 0 Å². The van der Waals surface area contributed by atoms with Crippen LogP contribution in [0.25, 0.3) is 211 Å². The minimum absolute atomic E-state index is 0.698. The minimum Gasteiger partial charge on any atom is -0.309 e. The summed E-state index contributed by atoms with van der Waals surface area (Å²) in [5, 5.41) is 9.92. The van der Waals surface area contributed by atoms with Crippen LogP contribution in [0.5, 0.6) is 0 Å². The van der Waals surface area contributed by atoms with Crippen LogP contribution in [0.15, 0.2) is 437 Å². The quantitative estimate of drug-likeness (QED) is 0.115. The molecule has 8 heteroatoms. The van der Waals surface area contributed by atoms with E-state index in [1.807, 2.05) is 48.5 Å². The van der Waals surface area contributed by atoms with Gasteiger partial charge in [-0.05, 0) is 130 Å². The molecule has 0 amide bonds. The summed E-state index contributed by atoms with van der Waals surface area (Å²) in [6.07, 6.45) is 0. The molecule has 552 valence electrons. The lowest BCUT2D eigenvalue weighted by Gasteiger charge is -2.16. The molecule has 0 N–H and O–H groups in total. The maximum Gasteiger partial charge on any atom is 0.160 e. The Bertz CT molecular complexity index is 7220. The summed E-state index contributed by atoms with van der Waals surface area (Å²) >= 11 is 0. The van der Waals surface area contributed by atoms with Crippen LogP contribution in [0.3, 0.4) is 0 Å².